The highest BCUT2D eigenvalue weighted by Crippen LogP contribution is 2.34. The van der Waals surface area contributed by atoms with Crippen LogP contribution in [-0.4, -0.2) is 18.2 Å². The summed E-state index contributed by atoms with van der Waals surface area (Å²) in [5.74, 6) is -0.258. The number of nitrogens with one attached hydrogen (secondary N) is 1. The van der Waals surface area contributed by atoms with Crippen molar-refractivity contribution in [1.29, 1.82) is 0 Å². The van der Waals surface area contributed by atoms with E-state index in [2.05, 4.69) is 5.32 Å². The SMILES string of the molecule is COc1cc(CNc2ccc(C(=O)O)cc2C)c(Cl)cc1OCc1ccc(F)cc1. The van der Waals surface area contributed by atoms with E-state index in [0.717, 1.165) is 22.4 Å². The highest BCUT2D eigenvalue weighted by Gasteiger charge is 2.12. The molecule has 3 rings (SSSR count). The molecule has 3 aromatic carbocycles. The zero-order valence-electron chi connectivity index (χ0n) is 16.5. The highest BCUT2D eigenvalue weighted by atomic mass is 35.5. The van der Waals surface area contributed by atoms with E-state index in [-0.39, 0.29) is 18.0 Å². The average Bonchev–Trinajstić information content (AvgIpc) is 2.73. The van der Waals surface area contributed by atoms with E-state index in [0.29, 0.717) is 23.1 Å². The number of hydrogen-bond donors (Lipinski definition) is 2. The number of carbonyl (C=O) groups is 1. The second kappa shape index (κ2) is 9.50. The van der Waals surface area contributed by atoms with Crippen LogP contribution in [0.1, 0.15) is 27.0 Å². The molecule has 0 bridgehead atoms. The third-order valence-corrected chi connectivity index (χ3v) is 4.93. The fourth-order valence-corrected chi connectivity index (χ4v) is 3.13. The van der Waals surface area contributed by atoms with Gasteiger partial charge in [0.1, 0.15) is 12.4 Å². The third-order valence-electron chi connectivity index (χ3n) is 4.58. The number of halogens is 2. The number of rotatable bonds is 8. The minimum Gasteiger partial charge on any atom is -0.493 e. The van der Waals surface area contributed by atoms with E-state index in [1.807, 2.05) is 6.92 Å². The van der Waals surface area contributed by atoms with E-state index in [4.69, 9.17) is 26.2 Å². The molecule has 0 spiro atoms. The van der Waals surface area contributed by atoms with Gasteiger partial charge in [-0.15, -0.1) is 0 Å². The van der Waals surface area contributed by atoms with Crippen molar-refractivity contribution >= 4 is 23.3 Å². The third kappa shape index (κ3) is 5.21. The fraction of sp³-hybridized carbons (Fsp3) is 0.174. The maximum atomic E-state index is 13.0. The fourth-order valence-electron chi connectivity index (χ4n) is 2.91. The predicted molar refractivity (Wildman–Crippen MR) is 114 cm³/mol. The molecule has 0 radical (unpaired) electrons. The Morgan fingerprint density at radius 1 is 1.10 bits per heavy atom. The lowest BCUT2D eigenvalue weighted by atomic mass is 10.1. The molecule has 0 fully saturated rings. The summed E-state index contributed by atoms with van der Waals surface area (Å²) in [5.41, 5.74) is 3.48. The number of benzene rings is 3. The van der Waals surface area contributed by atoms with Gasteiger partial charge in [0, 0.05) is 23.3 Å². The second-order valence-corrected chi connectivity index (χ2v) is 7.11. The van der Waals surface area contributed by atoms with Gasteiger partial charge in [0.2, 0.25) is 0 Å². The first-order valence-corrected chi connectivity index (χ1v) is 9.56. The van der Waals surface area contributed by atoms with Gasteiger partial charge in [0.05, 0.1) is 12.7 Å². The quantitative estimate of drug-likeness (QED) is 0.481. The summed E-state index contributed by atoms with van der Waals surface area (Å²) >= 11 is 6.43. The largest absolute Gasteiger partial charge is 0.493 e. The number of anilines is 1. The number of ether oxygens (including phenoxy) is 2. The van der Waals surface area contributed by atoms with Gasteiger partial charge in [-0.25, -0.2) is 9.18 Å². The standard InChI is InChI=1S/C23H21ClFNO4/c1-14-9-16(23(27)28)5-8-20(14)26-12-17-10-21(29-2)22(11-19(17)24)30-13-15-3-6-18(25)7-4-15/h3-11,26H,12-13H2,1-2H3,(H,27,28). The Bertz CT molecular complexity index is 1050. The molecule has 0 amide bonds. The lowest BCUT2D eigenvalue weighted by Gasteiger charge is -2.15. The van der Waals surface area contributed by atoms with E-state index in [1.54, 1.807) is 49.6 Å². The number of aromatic carboxylic acids is 1. The van der Waals surface area contributed by atoms with Crippen molar-refractivity contribution in [3.05, 3.63) is 87.7 Å². The molecule has 0 atom stereocenters. The van der Waals surface area contributed by atoms with E-state index in [1.165, 1.54) is 12.1 Å². The van der Waals surface area contributed by atoms with Crippen LogP contribution in [0.15, 0.2) is 54.6 Å². The van der Waals surface area contributed by atoms with Crippen LogP contribution in [0.25, 0.3) is 0 Å². The van der Waals surface area contributed by atoms with Crippen molar-refractivity contribution in [3.8, 4) is 11.5 Å². The molecular weight excluding hydrogens is 409 g/mol. The zero-order chi connectivity index (χ0) is 21.7. The van der Waals surface area contributed by atoms with Crippen LogP contribution in [0, 0.1) is 12.7 Å². The molecule has 30 heavy (non-hydrogen) atoms. The van der Waals surface area contributed by atoms with Crippen LogP contribution >= 0.6 is 11.6 Å². The number of aryl methyl sites for hydroxylation is 1. The molecule has 2 N–H and O–H groups in total. The first-order valence-electron chi connectivity index (χ1n) is 9.19. The number of carboxylic acid groups (broad SMARTS) is 1. The van der Waals surface area contributed by atoms with Gasteiger partial charge in [-0.1, -0.05) is 23.7 Å². The molecule has 7 heteroatoms. The topological polar surface area (TPSA) is 67.8 Å². The van der Waals surface area contributed by atoms with E-state index < -0.39 is 5.97 Å². The molecule has 0 aliphatic rings. The molecule has 0 aliphatic heterocycles. The van der Waals surface area contributed by atoms with Gasteiger partial charge in [-0.3, -0.25) is 0 Å². The van der Waals surface area contributed by atoms with E-state index in [9.17, 15) is 9.18 Å². The predicted octanol–water partition coefficient (Wildman–Crippen LogP) is 5.69. The van der Waals surface area contributed by atoms with Crippen molar-refractivity contribution < 1.29 is 23.8 Å². The van der Waals surface area contributed by atoms with Crippen LogP contribution < -0.4 is 14.8 Å². The Balaban J connectivity index is 1.72. The first kappa shape index (κ1) is 21.5. The van der Waals surface area contributed by atoms with Gasteiger partial charge < -0.3 is 19.9 Å². The van der Waals surface area contributed by atoms with Crippen molar-refractivity contribution in [2.45, 2.75) is 20.1 Å². The monoisotopic (exact) mass is 429 g/mol. The van der Waals surface area contributed by atoms with Crippen molar-refractivity contribution in [1.82, 2.24) is 0 Å². The lowest BCUT2D eigenvalue weighted by molar-refractivity contribution is 0.0697. The average molecular weight is 430 g/mol. The van der Waals surface area contributed by atoms with Gasteiger partial charge >= 0.3 is 5.97 Å². The minimum absolute atomic E-state index is 0.236. The Kier molecular flexibility index (Phi) is 6.79. The lowest BCUT2D eigenvalue weighted by Crippen LogP contribution is -2.05. The van der Waals surface area contributed by atoms with Gasteiger partial charge in [-0.05, 0) is 60.0 Å². The smallest absolute Gasteiger partial charge is 0.335 e. The summed E-state index contributed by atoms with van der Waals surface area (Å²) in [6.07, 6.45) is 0. The molecule has 5 nitrogen and oxygen atoms in total. The summed E-state index contributed by atoms with van der Waals surface area (Å²) in [4.78, 5) is 11.1. The van der Waals surface area contributed by atoms with Crippen molar-refractivity contribution in [2.75, 3.05) is 12.4 Å². The maximum Gasteiger partial charge on any atom is 0.335 e. The van der Waals surface area contributed by atoms with E-state index >= 15 is 0 Å². The first-order chi connectivity index (χ1) is 14.4. The van der Waals surface area contributed by atoms with Crippen LogP contribution in [0.4, 0.5) is 10.1 Å². The highest BCUT2D eigenvalue weighted by molar-refractivity contribution is 6.31. The molecular formula is C23H21ClFNO4. The Hall–Kier alpha value is -3.25. The summed E-state index contributed by atoms with van der Waals surface area (Å²) in [6.45, 7) is 2.50. The molecule has 0 heterocycles. The molecule has 0 saturated carbocycles. The molecule has 0 aliphatic carbocycles. The molecule has 0 unspecified atom stereocenters. The van der Waals surface area contributed by atoms with Gasteiger partial charge in [0.25, 0.3) is 0 Å². The molecule has 156 valence electrons. The maximum absolute atomic E-state index is 13.0. The van der Waals surface area contributed by atoms with Crippen molar-refractivity contribution in [3.63, 3.8) is 0 Å². The van der Waals surface area contributed by atoms with Crippen LogP contribution in [0.3, 0.4) is 0 Å². The summed E-state index contributed by atoms with van der Waals surface area (Å²) in [7, 11) is 1.54. The molecule has 3 aromatic rings. The zero-order valence-corrected chi connectivity index (χ0v) is 17.3. The number of carboxylic acids is 1. The second-order valence-electron chi connectivity index (χ2n) is 6.70. The Morgan fingerprint density at radius 2 is 1.83 bits per heavy atom. The number of hydrogen-bond acceptors (Lipinski definition) is 4. The van der Waals surface area contributed by atoms with Crippen LogP contribution in [-0.2, 0) is 13.2 Å². The van der Waals surface area contributed by atoms with Crippen LogP contribution in [0.5, 0.6) is 11.5 Å². The minimum atomic E-state index is -0.964. The Morgan fingerprint density at radius 3 is 2.47 bits per heavy atom. The normalized spacial score (nSPS) is 10.5. The van der Waals surface area contributed by atoms with Gasteiger partial charge in [0.15, 0.2) is 11.5 Å². The van der Waals surface area contributed by atoms with Gasteiger partial charge in [-0.2, -0.15) is 0 Å². The summed E-state index contributed by atoms with van der Waals surface area (Å²) in [5, 5.41) is 12.8. The molecule has 0 aromatic heterocycles. The Labute approximate surface area is 179 Å². The molecule has 0 saturated heterocycles. The summed E-state index contributed by atoms with van der Waals surface area (Å²) in [6, 6.07) is 14.4. The number of methoxy groups -OCH3 is 1. The van der Waals surface area contributed by atoms with Crippen LogP contribution in [0.2, 0.25) is 5.02 Å². The van der Waals surface area contributed by atoms with Crippen molar-refractivity contribution in [2.24, 2.45) is 0 Å². The summed E-state index contributed by atoms with van der Waals surface area (Å²) < 4.78 is 24.3.